The van der Waals surface area contributed by atoms with E-state index in [4.69, 9.17) is 0 Å². The van der Waals surface area contributed by atoms with Gasteiger partial charge in [-0.1, -0.05) is 19.9 Å². The standard InChI is InChI=1S/C19H28N4O3/c1-12(2)17(23-19(25)26-4)18(24)20-10-6-5-7-16-21-14-9-8-13(3)11-15(14)22-16/h8-9,11-12,17H,5-7,10H2,1-4H3,(H,20,24)(H,21,22)(H,23,25). The minimum atomic E-state index is -0.598. The number of benzene rings is 1. The summed E-state index contributed by atoms with van der Waals surface area (Å²) in [7, 11) is 1.28. The number of methoxy groups -OCH3 is 1. The number of unbranched alkanes of at least 4 members (excludes halogenated alkanes) is 1. The minimum absolute atomic E-state index is 0.0203. The topological polar surface area (TPSA) is 96.1 Å². The van der Waals surface area contributed by atoms with E-state index in [2.05, 4.69) is 44.4 Å². The summed E-state index contributed by atoms with van der Waals surface area (Å²) in [6.07, 6.45) is 1.98. The molecule has 0 radical (unpaired) electrons. The average Bonchev–Trinajstić information content (AvgIpc) is 3.00. The first-order valence-corrected chi connectivity index (χ1v) is 8.98. The zero-order valence-electron chi connectivity index (χ0n) is 15.9. The molecule has 1 atom stereocenters. The number of alkyl carbamates (subject to hydrolysis) is 1. The van der Waals surface area contributed by atoms with Gasteiger partial charge in [-0.25, -0.2) is 9.78 Å². The minimum Gasteiger partial charge on any atom is -0.453 e. The first-order valence-electron chi connectivity index (χ1n) is 8.98. The summed E-state index contributed by atoms with van der Waals surface area (Å²) >= 11 is 0. The number of rotatable bonds is 8. The number of nitrogens with zero attached hydrogens (tertiary/aromatic N) is 1. The second kappa shape index (κ2) is 9.22. The predicted molar refractivity (Wildman–Crippen MR) is 101 cm³/mol. The van der Waals surface area contributed by atoms with Gasteiger partial charge in [0.05, 0.1) is 18.1 Å². The van der Waals surface area contributed by atoms with Gasteiger partial charge < -0.3 is 20.4 Å². The Bertz CT molecular complexity index is 754. The summed E-state index contributed by atoms with van der Waals surface area (Å²) in [5, 5.41) is 5.44. The van der Waals surface area contributed by atoms with E-state index in [1.165, 1.54) is 12.7 Å². The number of aromatic nitrogens is 2. The van der Waals surface area contributed by atoms with Crippen LogP contribution in [0.25, 0.3) is 11.0 Å². The number of hydrogen-bond donors (Lipinski definition) is 3. The molecule has 0 fully saturated rings. The fourth-order valence-electron chi connectivity index (χ4n) is 2.75. The normalized spacial score (nSPS) is 12.2. The van der Waals surface area contributed by atoms with E-state index in [1.807, 2.05) is 19.9 Å². The number of carbonyl (C=O) groups is 2. The van der Waals surface area contributed by atoms with Crippen LogP contribution in [0.2, 0.25) is 0 Å². The lowest BCUT2D eigenvalue weighted by Crippen LogP contribution is -2.49. The maximum atomic E-state index is 12.2. The zero-order valence-corrected chi connectivity index (χ0v) is 15.9. The van der Waals surface area contributed by atoms with Crippen LogP contribution in [-0.4, -0.2) is 41.7 Å². The SMILES string of the molecule is COC(=O)NC(C(=O)NCCCCc1nc2ccc(C)cc2[nH]1)C(C)C. The molecule has 3 N–H and O–H groups in total. The van der Waals surface area contributed by atoms with Gasteiger partial charge in [0, 0.05) is 13.0 Å². The number of aryl methyl sites for hydroxylation is 2. The molecule has 1 aromatic carbocycles. The van der Waals surface area contributed by atoms with Gasteiger partial charge in [0.1, 0.15) is 11.9 Å². The van der Waals surface area contributed by atoms with Gasteiger partial charge in [0.25, 0.3) is 0 Å². The number of hydrogen-bond acceptors (Lipinski definition) is 4. The third kappa shape index (κ3) is 5.47. The molecular weight excluding hydrogens is 332 g/mol. The molecule has 0 spiro atoms. The molecule has 0 bridgehead atoms. The van der Waals surface area contributed by atoms with E-state index in [9.17, 15) is 9.59 Å². The monoisotopic (exact) mass is 360 g/mol. The van der Waals surface area contributed by atoms with Crippen LogP contribution in [0.4, 0.5) is 4.79 Å². The second-order valence-corrected chi connectivity index (χ2v) is 6.81. The van der Waals surface area contributed by atoms with Crippen molar-refractivity contribution in [2.75, 3.05) is 13.7 Å². The summed E-state index contributed by atoms with van der Waals surface area (Å²) in [6.45, 7) is 6.37. The number of aromatic amines is 1. The molecule has 0 saturated carbocycles. The molecule has 1 aromatic heterocycles. The van der Waals surface area contributed by atoms with Gasteiger partial charge in [0.2, 0.25) is 5.91 Å². The quantitative estimate of drug-likeness (QED) is 0.631. The van der Waals surface area contributed by atoms with E-state index in [0.29, 0.717) is 6.54 Å². The van der Waals surface area contributed by atoms with Gasteiger partial charge in [-0.2, -0.15) is 0 Å². The highest BCUT2D eigenvalue weighted by Crippen LogP contribution is 2.14. The molecule has 0 aliphatic rings. The van der Waals surface area contributed by atoms with Gasteiger partial charge in [0.15, 0.2) is 0 Å². The fourth-order valence-corrected chi connectivity index (χ4v) is 2.75. The Balaban J connectivity index is 1.74. The highest BCUT2D eigenvalue weighted by Gasteiger charge is 2.23. The Morgan fingerprint density at radius 1 is 1.27 bits per heavy atom. The predicted octanol–water partition coefficient (Wildman–Crippen LogP) is 2.69. The average molecular weight is 360 g/mol. The van der Waals surface area contributed by atoms with Crippen molar-refractivity contribution in [1.82, 2.24) is 20.6 Å². The third-order valence-corrected chi connectivity index (χ3v) is 4.23. The number of imidazole rings is 1. The zero-order chi connectivity index (χ0) is 19.1. The maximum Gasteiger partial charge on any atom is 0.407 e. The largest absolute Gasteiger partial charge is 0.453 e. The highest BCUT2D eigenvalue weighted by atomic mass is 16.5. The molecule has 1 heterocycles. The fraction of sp³-hybridized carbons (Fsp3) is 0.526. The van der Waals surface area contributed by atoms with Crippen molar-refractivity contribution in [3.05, 3.63) is 29.6 Å². The molecule has 0 saturated heterocycles. The van der Waals surface area contributed by atoms with Gasteiger partial charge in [-0.3, -0.25) is 4.79 Å². The molecule has 2 rings (SSSR count). The van der Waals surface area contributed by atoms with Crippen LogP contribution in [-0.2, 0) is 16.0 Å². The number of H-pyrrole nitrogens is 1. The van der Waals surface area contributed by atoms with Crippen LogP contribution < -0.4 is 10.6 Å². The van der Waals surface area contributed by atoms with Gasteiger partial charge in [-0.15, -0.1) is 0 Å². The van der Waals surface area contributed by atoms with Crippen molar-refractivity contribution in [3.8, 4) is 0 Å². The molecule has 2 amide bonds. The lowest BCUT2D eigenvalue weighted by atomic mass is 10.0. The highest BCUT2D eigenvalue weighted by molar-refractivity contribution is 5.85. The number of ether oxygens (including phenoxy) is 1. The van der Waals surface area contributed by atoms with Crippen molar-refractivity contribution in [1.29, 1.82) is 0 Å². The lowest BCUT2D eigenvalue weighted by molar-refractivity contribution is -0.124. The first kappa shape index (κ1) is 19.8. The van der Waals surface area contributed by atoms with Crippen LogP contribution in [0.1, 0.15) is 38.1 Å². The smallest absolute Gasteiger partial charge is 0.407 e. The van der Waals surface area contributed by atoms with Gasteiger partial charge >= 0.3 is 6.09 Å². The Labute approximate surface area is 153 Å². The second-order valence-electron chi connectivity index (χ2n) is 6.81. The Kier molecular flexibility index (Phi) is 7.00. The van der Waals surface area contributed by atoms with Crippen LogP contribution in [0.3, 0.4) is 0 Å². The molecule has 0 aliphatic carbocycles. The van der Waals surface area contributed by atoms with E-state index in [-0.39, 0.29) is 11.8 Å². The molecule has 142 valence electrons. The van der Waals surface area contributed by atoms with E-state index in [0.717, 1.165) is 36.1 Å². The number of carbonyl (C=O) groups excluding carboxylic acids is 2. The van der Waals surface area contributed by atoms with Crippen molar-refractivity contribution < 1.29 is 14.3 Å². The van der Waals surface area contributed by atoms with E-state index >= 15 is 0 Å². The van der Waals surface area contributed by atoms with Crippen LogP contribution >= 0.6 is 0 Å². The van der Waals surface area contributed by atoms with Crippen molar-refractivity contribution in [2.45, 2.75) is 46.1 Å². The lowest BCUT2D eigenvalue weighted by Gasteiger charge is -2.20. The summed E-state index contributed by atoms with van der Waals surface area (Å²) in [5.41, 5.74) is 3.24. The summed E-state index contributed by atoms with van der Waals surface area (Å²) in [5.74, 6) is 0.752. The Morgan fingerprint density at radius 3 is 2.73 bits per heavy atom. The molecule has 7 nitrogen and oxygen atoms in total. The van der Waals surface area contributed by atoms with Crippen LogP contribution in [0.15, 0.2) is 18.2 Å². The summed E-state index contributed by atoms with van der Waals surface area (Å²) in [6, 6.07) is 5.56. The summed E-state index contributed by atoms with van der Waals surface area (Å²) in [4.78, 5) is 31.5. The van der Waals surface area contributed by atoms with Crippen LogP contribution in [0.5, 0.6) is 0 Å². The van der Waals surface area contributed by atoms with Crippen LogP contribution in [0, 0.1) is 12.8 Å². The molecular formula is C19H28N4O3. The Morgan fingerprint density at radius 2 is 2.04 bits per heavy atom. The number of nitrogens with one attached hydrogen (secondary N) is 3. The first-order chi connectivity index (χ1) is 12.4. The number of amides is 2. The maximum absolute atomic E-state index is 12.2. The Hall–Kier alpha value is -2.57. The third-order valence-electron chi connectivity index (χ3n) is 4.23. The van der Waals surface area contributed by atoms with E-state index < -0.39 is 12.1 Å². The molecule has 2 aromatic rings. The van der Waals surface area contributed by atoms with Gasteiger partial charge in [-0.05, 0) is 43.4 Å². The van der Waals surface area contributed by atoms with Crippen molar-refractivity contribution >= 4 is 23.0 Å². The van der Waals surface area contributed by atoms with Crippen molar-refractivity contribution in [2.24, 2.45) is 5.92 Å². The molecule has 0 aliphatic heterocycles. The number of fused-ring (bicyclic) bond motifs is 1. The van der Waals surface area contributed by atoms with Crippen molar-refractivity contribution in [3.63, 3.8) is 0 Å². The molecule has 1 unspecified atom stereocenters. The van der Waals surface area contributed by atoms with E-state index in [1.54, 1.807) is 0 Å². The molecule has 26 heavy (non-hydrogen) atoms. The summed E-state index contributed by atoms with van der Waals surface area (Å²) < 4.78 is 4.56. The molecule has 7 heteroatoms.